The summed E-state index contributed by atoms with van der Waals surface area (Å²) < 4.78 is 12.9. The first-order valence-electron chi connectivity index (χ1n) is 4.72. The highest BCUT2D eigenvalue weighted by molar-refractivity contribution is 5.77. The standard InChI is InChI=1S/C10H12FN3O/c1-6(15)5-12-10-13-8-3-2-7(11)4-9(8)14-10/h2-4,6,15H,5H2,1H3,(H2,12,13,14). The Labute approximate surface area is 86.1 Å². The number of aliphatic hydroxyl groups is 1. The summed E-state index contributed by atoms with van der Waals surface area (Å²) in [6.45, 7) is 2.08. The van der Waals surface area contributed by atoms with Gasteiger partial charge in [0.25, 0.3) is 0 Å². The van der Waals surface area contributed by atoms with Crippen molar-refractivity contribution in [1.82, 2.24) is 9.97 Å². The van der Waals surface area contributed by atoms with Gasteiger partial charge in [0.2, 0.25) is 5.95 Å². The summed E-state index contributed by atoms with van der Waals surface area (Å²) in [4.78, 5) is 7.10. The highest BCUT2D eigenvalue weighted by Gasteiger charge is 2.03. The Morgan fingerprint density at radius 3 is 3.13 bits per heavy atom. The third kappa shape index (κ3) is 2.24. The summed E-state index contributed by atoms with van der Waals surface area (Å²) in [6.07, 6.45) is -0.449. The van der Waals surface area contributed by atoms with Gasteiger partial charge in [-0.1, -0.05) is 0 Å². The molecule has 1 aromatic carbocycles. The number of anilines is 1. The molecular weight excluding hydrogens is 197 g/mol. The molecule has 5 heteroatoms. The molecule has 1 atom stereocenters. The predicted octanol–water partition coefficient (Wildman–Crippen LogP) is 1.49. The number of hydrogen-bond acceptors (Lipinski definition) is 3. The summed E-state index contributed by atoms with van der Waals surface area (Å²) >= 11 is 0. The van der Waals surface area contributed by atoms with Crippen LogP contribution in [0.2, 0.25) is 0 Å². The second-order valence-corrected chi connectivity index (χ2v) is 3.48. The lowest BCUT2D eigenvalue weighted by Crippen LogP contribution is -2.15. The minimum Gasteiger partial charge on any atom is -0.392 e. The van der Waals surface area contributed by atoms with Gasteiger partial charge < -0.3 is 15.4 Å². The van der Waals surface area contributed by atoms with Crippen molar-refractivity contribution in [3.63, 3.8) is 0 Å². The first-order chi connectivity index (χ1) is 7.15. The van der Waals surface area contributed by atoms with Gasteiger partial charge in [0.1, 0.15) is 5.82 Å². The van der Waals surface area contributed by atoms with Crippen molar-refractivity contribution in [3.8, 4) is 0 Å². The Morgan fingerprint density at radius 2 is 2.40 bits per heavy atom. The fraction of sp³-hybridized carbons (Fsp3) is 0.300. The van der Waals surface area contributed by atoms with E-state index in [0.717, 1.165) is 0 Å². The van der Waals surface area contributed by atoms with E-state index in [4.69, 9.17) is 5.11 Å². The van der Waals surface area contributed by atoms with Crippen molar-refractivity contribution >= 4 is 17.0 Å². The zero-order chi connectivity index (χ0) is 10.8. The molecule has 0 aliphatic heterocycles. The van der Waals surface area contributed by atoms with Crippen LogP contribution in [0, 0.1) is 5.82 Å². The molecular formula is C10H12FN3O. The summed E-state index contributed by atoms with van der Waals surface area (Å²) in [5.41, 5.74) is 1.34. The van der Waals surface area contributed by atoms with Gasteiger partial charge in [-0.25, -0.2) is 9.37 Å². The molecule has 0 amide bonds. The molecule has 0 radical (unpaired) electrons. The van der Waals surface area contributed by atoms with Gasteiger partial charge in [-0.2, -0.15) is 0 Å². The first-order valence-corrected chi connectivity index (χ1v) is 4.72. The van der Waals surface area contributed by atoms with Gasteiger partial charge in [0.15, 0.2) is 0 Å². The normalized spacial score (nSPS) is 13.0. The highest BCUT2D eigenvalue weighted by Crippen LogP contribution is 2.15. The molecule has 80 valence electrons. The van der Waals surface area contributed by atoms with E-state index in [1.54, 1.807) is 13.0 Å². The predicted molar refractivity (Wildman–Crippen MR) is 56.2 cm³/mol. The van der Waals surface area contributed by atoms with Crippen molar-refractivity contribution in [1.29, 1.82) is 0 Å². The van der Waals surface area contributed by atoms with Gasteiger partial charge in [-0.3, -0.25) is 0 Å². The number of hydrogen-bond donors (Lipinski definition) is 3. The number of fused-ring (bicyclic) bond motifs is 1. The van der Waals surface area contributed by atoms with E-state index in [2.05, 4.69) is 15.3 Å². The molecule has 4 nitrogen and oxygen atoms in total. The number of aliphatic hydroxyl groups excluding tert-OH is 1. The molecule has 0 saturated heterocycles. The molecule has 15 heavy (non-hydrogen) atoms. The van der Waals surface area contributed by atoms with Gasteiger partial charge in [-0.15, -0.1) is 0 Å². The third-order valence-electron chi connectivity index (χ3n) is 2.01. The summed E-state index contributed by atoms with van der Waals surface area (Å²) in [5.74, 6) is 0.240. The number of imidazole rings is 1. The summed E-state index contributed by atoms with van der Waals surface area (Å²) in [6, 6.07) is 4.35. The zero-order valence-corrected chi connectivity index (χ0v) is 8.29. The lowest BCUT2D eigenvalue weighted by atomic mass is 10.3. The van der Waals surface area contributed by atoms with Crippen molar-refractivity contribution in [3.05, 3.63) is 24.0 Å². The number of aromatic nitrogens is 2. The molecule has 0 fully saturated rings. The summed E-state index contributed by atoms with van der Waals surface area (Å²) in [5, 5.41) is 12.0. The van der Waals surface area contributed by atoms with E-state index >= 15 is 0 Å². The average molecular weight is 209 g/mol. The Kier molecular flexibility index (Phi) is 2.55. The van der Waals surface area contributed by atoms with Crippen molar-refractivity contribution in [2.24, 2.45) is 0 Å². The van der Waals surface area contributed by atoms with E-state index in [9.17, 15) is 4.39 Å². The van der Waals surface area contributed by atoms with E-state index in [1.165, 1.54) is 12.1 Å². The highest BCUT2D eigenvalue weighted by atomic mass is 19.1. The van der Waals surface area contributed by atoms with Crippen molar-refractivity contribution in [2.45, 2.75) is 13.0 Å². The van der Waals surface area contributed by atoms with E-state index in [1.807, 2.05) is 0 Å². The van der Waals surface area contributed by atoms with E-state index < -0.39 is 6.10 Å². The van der Waals surface area contributed by atoms with Crippen molar-refractivity contribution in [2.75, 3.05) is 11.9 Å². The van der Waals surface area contributed by atoms with Crippen LogP contribution in [-0.2, 0) is 0 Å². The van der Waals surface area contributed by atoms with Crippen LogP contribution in [0.1, 0.15) is 6.92 Å². The molecule has 0 saturated carbocycles. The monoisotopic (exact) mass is 209 g/mol. The fourth-order valence-electron chi connectivity index (χ4n) is 1.31. The number of nitrogens with one attached hydrogen (secondary N) is 2. The molecule has 1 heterocycles. The zero-order valence-electron chi connectivity index (χ0n) is 8.29. The van der Waals surface area contributed by atoms with Gasteiger partial charge in [0.05, 0.1) is 17.1 Å². The second kappa shape index (κ2) is 3.86. The van der Waals surface area contributed by atoms with E-state index in [-0.39, 0.29) is 5.82 Å². The molecule has 0 bridgehead atoms. The molecule has 2 aromatic rings. The Hall–Kier alpha value is -1.62. The minimum atomic E-state index is -0.449. The number of H-pyrrole nitrogens is 1. The molecule has 2 rings (SSSR count). The largest absolute Gasteiger partial charge is 0.392 e. The van der Waals surface area contributed by atoms with E-state index in [0.29, 0.717) is 23.5 Å². The molecule has 0 spiro atoms. The molecule has 1 aromatic heterocycles. The van der Waals surface area contributed by atoms with Gasteiger partial charge in [0, 0.05) is 6.54 Å². The second-order valence-electron chi connectivity index (χ2n) is 3.48. The van der Waals surface area contributed by atoms with Crippen LogP contribution in [0.15, 0.2) is 18.2 Å². The molecule has 1 unspecified atom stereocenters. The maximum Gasteiger partial charge on any atom is 0.201 e. The van der Waals surface area contributed by atoms with Crippen LogP contribution in [0.25, 0.3) is 11.0 Å². The Balaban J connectivity index is 2.23. The van der Waals surface area contributed by atoms with Crippen LogP contribution in [0.5, 0.6) is 0 Å². The fourth-order valence-corrected chi connectivity index (χ4v) is 1.31. The lowest BCUT2D eigenvalue weighted by Gasteiger charge is -2.03. The van der Waals surface area contributed by atoms with Gasteiger partial charge >= 0.3 is 0 Å². The maximum absolute atomic E-state index is 12.9. The topological polar surface area (TPSA) is 60.9 Å². The number of aromatic amines is 1. The smallest absolute Gasteiger partial charge is 0.201 e. The molecule has 3 N–H and O–H groups in total. The number of benzene rings is 1. The maximum atomic E-state index is 12.9. The Morgan fingerprint density at radius 1 is 1.60 bits per heavy atom. The molecule has 0 aliphatic rings. The summed E-state index contributed by atoms with van der Waals surface area (Å²) in [7, 11) is 0. The minimum absolute atomic E-state index is 0.298. The van der Waals surface area contributed by atoms with Crippen LogP contribution < -0.4 is 5.32 Å². The van der Waals surface area contributed by atoms with Crippen molar-refractivity contribution < 1.29 is 9.50 Å². The SMILES string of the molecule is CC(O)CNc1nc2ccc(F)cc2[nH]1. The third-order valence-corrected chi connectivity index (χ3v) is 2.01. The first kappa shape index (κ1) is 9.92. The van der Waals surface area contributed by atoms with Crippen LogP contribution in [0.4, 0.5) is 10.3 Å². The lowest BCUT2D eigenvalue weighted by molar-refractivity contribution is 0.208. The number of halogens is 1. The van der Waals surface area contributed by atoms with Crippen LogP contribution in [0.3, 0.4) is 0 Å². The number of nitrogens with zero attached hydrogens (tertiary/aromatic N) is 1. The Bertz CT molecular complexity index is 467. The van der Waals surface area contributed by atoms with Gasteiger partial charge in [-0.05, 0) is 25.1 Å². The average Bonchev–Trinajstić information content (AvgIpc) is 2.56. The van der Waals surface area contributed by atoms with Crippen LogP contribution >= 0.6 is 0 Å². The molecule has 0 aliphatic carbocycles. The quantitative estimate of drug-likeness (QED) is 0.717. The number of rotatable bonds is 3. The van der Waals surface area contributed by atoms with Crippen LogP contribution in [-0.4, -0.2) is 27.7 Å².